The van der Waals surface area contributed by atoms with E-state index in [1.54, 1.807) is 0 Å². The minimum atomic E-state index is -1.10. The van der Waals surface area contributed by atoms with Crippen molar-refractivity contribution in [1.29, 1.82) is 0 Å². The van der Waals surface area contributed by atoms with Crippen LogP contribution in [-0.2, 0) is 19.1 Å². The molecule has 0 rings (SSSR count). The minimum Gasteiger partial charge on any atom is -0.422 e. The number of carbonyl (C=O) groups excluding carboxylic acids is 3. The van der Waals surface area contributed by atoms with Crippen LogP contribution in [0.3, 0.4) is 0 Å². The Morgan fingerprint density at radius 3 is 2.18 bits per heavy atom. The third kappa shape index (κ3) is 5.35. The maximum absolute atomic E-state index is 10.3. The molecule has 5 nitrogen and oxygen atoms in total. The Morgan fingerprint density at radius 1 is 1.27 bits per heavy atom. The van der Waals surface area contributed by atoms with Gasteiger partial charge < -0.3 is 9.47 Å². The summed E-state index contributed by atoms with van der Waals surface area (Å²) >= 11 is 4.70. The predicted molar refractivity (Wildman–Crippen MR) is 34.0 cm³/mol. The highest BCUT2D eigenvalue weighted by Gasteiger charge is 2.08. The summed E-state index contributed by atoms with van der Waals surface area (Å²) in [6.07, 6.45) is 0. The van der Waals surface area contributed by atoms with Crippen molar-refractivity contribution in [1.82, 2.24) is 0 Å². The standard InChI is InChI=1S/C5H5ClO5/c1-3(7)4(8)10-2-11-5(6)9/h2H2,1H3. The van der Waals surface area contributed by atoms with Crippen LogP contribution in [0.5, 0.6) is 0 Å². The Morgan fingerprint density at radius 2 is 1.82 bits per heavy atom. The minimum absolute atomic E-state index is 0.638. The molecule has 0 aliphatic carbocycles. The molecule has 0 atom stereocenters. The highest BCUT2D eigenvalue weighted by atomic mass is 35.5. The lowest BCUT2D eigenvalue weighted by atomic mass is 10.5. The summed E-state index contributed by atoms with van der Waals surface area (Å²) in [5.41, 5.74) is -1.10. The molecule has 0 spiro atoms. The second-order valence-corrected chi connectivity index (χ2v) is 1.80. The molecule has 0 aromatic rings. The summed E-state index contributed by atoms with van der Waals surface area (Å²) in [6, 6.07) is 0. The number of halogens is 1. The van der Waals surface area contributed by atoms with Crippen LogP contribution in [-0.4, -0.2) is 24.0 Å². The van der Waals surface area contributed by atoms with Crippen LogP contribution in [0.2, 0.25) is 0 Å². The maximum Gasteiger partial charge on any atom is 0.406 e. The van der Waals surface area contributed by atoms with E-state index in [9.17, 15) is 14.4 Å². The summed E-state index contributed by atoms with van der Waals surface area (Å²) in [5.74, 6) is -1.83. The molecule has 0 saturated carbocycles. The highest BCUT2D eigenvalue weighted by Crippen LogP contribution is 1.88. The summed E-state index contributed by atoms with van der Waals surface area (Å²) < 4.78 is 8.09. The van der Waals surface area contributed by atoms with E-state index in [1.165, 1.54) is 0 Å². The number of Topliss-reactive ketones (excluding diaryl/α,β-unsaturated/α-hetero) is 1. The SMILES string of the molecule is CC(=O)C(=O)OCOC(=O)Cl. The van der Waals surface area contributed by atoms with Crippen LogP contribution in [0.15, 0.2) is 0 Å². The summed E-state index contributed by atoms with van der Waals surface area (Å²) in [7, 11) is 0. The van der Waals surface area contributed by atoms with Gasteiger partial charge in [0.25, 0.3) is 0 Å². The molecule has 62 valence electrons. The number of ether oxygens (including phenoxy) is 2. The van der Waals surface area contributed by atoms with Gasteiger partial charge in [-0.05, 0) is 0 Å². The zero-order valence-corrected chi connectivity index (χ0v) is 6.38. The van der Waals surface area contributed by atoms with E-state index in [4.69, 9.17) is 11.6 Å². The fourth-order valence-corrected chi connectivity index (χ4v) is 0.275. The van der Waals surface area contributed by atoms with Gasteiger partial charge in [0, 0.05) is 18.5 Å². The Balaban J connectivity index is 3.47. The quantitative estimate of drug-likeness (QED) is 0.273. The van der Waals surface area contributed by atoms with Crippen molar-refractivity contribution in [3.63, 3.8) is 0 Å². The Labute approximate surface area is 67.2 Å². The third-order valence-electron chi connectivity index (χ3n) is 0.650. The van der Waals surface area contributed by atoms with Gasteiger partial charge in [-0.15, -0.1) is 0 Å². The summed E-state index contributed by atoms with van der Waals surface area (Å²) in [4.78, 5) is 30.4. The zero-order chi connectivity index (χ0) is 8.85. The van der Waals surface area contributed by atoms with Crippen molar-refractivity contribution in [3.8, 4) is 0 Å². The van der Waals surface area contributed by atoms with Crippen molar-refractivity contribution in [2.75, 3.05) is 6.79 Å². The van der Waals surface area contributed by atoms with E-state index in [1.807, 2.05) is 0 Å². The van der Waals surface area contributed by atoms with Gasteiger partial charge in [-0.1, -0.05) is 0 Å². The molecule has 0 aliphatic heterocycles. The topological polar surface area (TPSA) is 69.7 Å². The summed E-state index contributed by atoms with van der Waals surface area (Å²) in [5, 5.41) is 0. The second-order valence-electron chi connectivity index (χ2n) is 1.49. The van der Waals surface area contributed by atoms with Crippen LogP contribution >= 0.6 is 11.6 Å². The average molecular weight is 181 g/mol. The first-order valence-electron chi connectivity index (χ1n) is 2.54. The summed E-state index contributed by atoms with van der Waals surface area (Å²) in [6.45, 7) is 0.394. The van der Waals surface area contributed by atoms with E-state index in [0.717, 1.165) is 6.92 Å². The molecule has 0 aromatic carbocycles. The number of hydrogen-bond acceptors (Lipinski definition) is 5. The molecule has 0 bridgehead atoms. The average Bonchev–Trinajstić information content (AvgIpc) is 1.86. The van der Waals surface area contributed by atoms with E-state index in [-0.39, 0.29) is 0 Å². The van der Waals surface area contributed by atoms with Gasteiger partial charge in [-0.3, -0.25) is 4.79 Å². The van der Waals surface area contributed by atoms with Crippen molar-refractivity contribution in [2.45, 2.75) is 6.92 Å². The van der Waals surface area contributed by atoms with Crippen LogP contribution in [0.25, 0.3) is 0 Å². The molecule has 11 heavy (non-hydrogen) atoms. The van der Waals surface area contributed by atoms with Crippen LogP contribution < -0.4 is 0 Å². The molecule has 0 fully saturated rings. The smallest absolute Gasteiger partial charge is 0.406 e. The normalized spacial score (nSPS) is 8.55. The Hall–Kier alpha value is -1.10. The highest BCUT2D eigenvalue weighted by molar-refractivity contribution is 6.61. The van der Waals surface area contributed by atoms with Gasteiger partial charge in [-0.25, -0.2) is 9.59 Å². The largest absolute Gasteiger partial charge is 0.422 e. The molecule has 0 aromatic heterocycles. The van der Waals surface area contributed by atoms with Crippen LogP contribution in [0, 0.1) is 0 Å². The Bertz CT molecular complexity index is 187. The van der Waals surface area contributed by atoms with Gasteiger partial charge >= 0.3 is 11.4 Å². The van der Waals surface area contributed by atoms with Gasteiger partial charge in [-0.2, -0.15) is 0 Å². The van der Waals surface area contributed by atoms with Crippen molar-refractivity contribution in [3.05, 3.63) is 0 Å². The molecule has 0 aliphatic rings. The van der Waals surface area contributed by atoms with Gasteiger partial charge in [0.2, 0.25) is 12.6 Å². The lowest BCUT2D eigenvalue weighted by Crippen LogP contribution is -2.16. The zero-order valence-electron chi connectivity index (χ0n) is 5.63. The molecule has 0 heterocycles. The number of carbonyl (C=O) groups is 3. The van der Waals surface area contributed by atoms with Crippen molar-refractivity contribution >= 4 is 28.8 Å². The van der Waals surface area contributed by atoms with E-state index < -0.39 is 24.0 Å². The number of hydrogen-bond donors (Lipinski definition) is 0. The fourth-order valence-electron chi connectivity index (χ4n) is 0.231. The Kier molecular flexibility index (Phi) is 4.21. The van der Waals surface area contributed by atoms with E-state index >= 15 is 0 Å². The molecule has 0 unspecified atom stereocenters. The predicted octanol–water partition coefficient (Wildman–Crippen LogP) is 0.452. The third-order valence-corrected chi connectivity index (χ3v) is 0.759. The monoisotopic (exact) mass is 180 g/mol. The number of ketones is 1. The van der Waals surface area contributed by atoms with Crippen LogP contribution in [0.1, 0.15) is 6.92 Å². The van der Waals surface area contributed by atoms with Gasteiger partial charge in [0.05, 0.1) is 0 Å². The van der Waals surface area contributed by atoms with Crippen molar-refractivity contribution < 1.29 is 23.9 Å². The molecule has 0 amide bonds. The molecule has 0 N–H and O–H groups in total. The number of rotatable bonds is 3. The lowest BCUT2D eigenvalue weighted by Gasteiger charge is -1.99. The first-order chi connectivity index (χ1) is 5.04. The maximum atomic E-state index is 10.3. The van der Waals surface area contributed by atoms with Gasteiger partial charge in [0.1, 0.15) is 0 Å². The first kappa shape index (κ1) is 9.90. The molecule has 6 heteroatoms. The van der Waals surface area contributed by atoms with E-state index in [0.29, 0.717) is 0 Å². The molecular weight excluding hydrogens is 176 g/mol. The van der Waals surface area contributed by atoms with Gasteiger partial charge in [0.15, 0.2) is 0 Å². The lowest BCUT2D eigenvalue weighted by molar-refractivity contribution is -0.158. The first-order valence-corrected chi connectivity index (χ1v) is 2.91. The van der Waals surface area contributed by atoms with E-state index in [2.05, 4.69) is 9.47 Å². The number of esters is 1. The van der Waals surface area contributed by atoms with Crippen molar-refractivity contribution in [2.24, 2.45) is 0 Å². The second kappa shape index (κ2) is 4.68. The molecular formula is C5H5ClO5. The molecule has 0 saturated heterocycles. The fraction of sp³-hybridized carbons (Fsp3) is 0.400. The van der Waals surface area contributed by atoms with Crippen LogP contribution in [0.4, 0.5) is 4.79 Å². The molecule has 0 radical (unpaired) electrons.